The van der Waals surface area contributed by atoms with Crippen molar-refractivity contribution in [2.24, 2.45) is 0 Å². The molecule has 1 atom stereocenters. The van der Waals surface area contributed by atoms with E-state index >= 15 is 0 Å². The van der Waals surface area contributed by atoms with Gasteiger partial charge in [0, 0.05) is 34.8 Å². The Morgan fingerprint density at radius 2 is 2.29 bits per heavy atom. The zero-order chi connectivity index (χ0) is 15.2. The van der Waals surface area contributed by atoms with E-state index in [1.54, 1.807) is 22.7 Å². The van der Waals surface area contributed by atoms with Gasteiger partial charge in [0.05, 0.1) is 5.69 Å². The molecule has 0 aromatic carbocycles. The standard InChI is InChI=1S/C13H14N2O3S3/c1-8(16)14-11(13(17)18)7-20-5-10-6-21-12(15-10)9-2-3-19-4-9/h2-4,6,11H,5,7H2,1H3,(H,14,16)(H,17,18). The lowest BCUT2D eigenvalue weighted by atomic mass is 10.3. The first-order chi connectivity index (χ1) is 10.1. The summed E-state index contributed by atoms with van der Waals surface area (Å²) in [7, 11) is 0. The molecule has 2 N–H and O–H groups in total. The molecule has 0 aliphatic rings. The van der Waals surface area contributed by atoms with Crippen LogP contribution in [0.2, 0.25) is 0 Å². The number of aliphatic carboxylic acids is 1. The first-order valence-electron chi connectivity index (χ1n) is 6.11. The summed E-state index contributed by atoms with van der Waals surface area (Å²) in [6.07, 6.45) is 0. The second-order valence-corrected chi connectivity index (χ2v) is 6.93. The van der Waals surface area contributed by atoms with Gasteiger partial charge in [0.15, 0.2) is 0 Å². The number of thiazole rings is 1. The molecule has 0 aliphatic heterocycles. The predicted octanol–water partition coefficient (Wildman–Crippen LogP) is 2.69. The maximum atomic E-state index is 11.0. The fourth-order valence-corrected chi connectivity index (χ4v) is 4.17. The van der Waals surface area contributed by atoms with Crippen molar-refractivity contribution in [2.75, 3.05) is 5.75 Å². The number of carboxylic acid groups (broad SMARTS) is 1. The zero-order valence-electron chi connectivity index (χ0n) is 11.2. The molecule has 0 aliphatic carbocycles. The lowest BCUT2D eigenvalue weighted by Gasteiger charge is -2.11. The Morgan fingerprint density at radius 3 is 2.90 bits per heavy atom. The summed E-state index contributed by atoms with van der Waals surface area (Å²) >= 11 is 4.66. The van der Waals surface area contributed by atoms with E-state index in [1.807, 2.05) is 22.2 Å². The second-order valence-electron chi connectivity index (χ2n) is 4.26. The zero-order valence-corrected chi connectivity index (χ0v) is 13.7. The number of amides is 1. The highest BCUT2D eigenvalue weighted by atomic mass is 32.2. The van der Waals surface area contributed by atoms with Gasteiger partial charge in [0.2, 0.25) is 5.91 Å². The second kappa shape index (κ2) is 7.58. The van der Waals surface area contributed by atoms with Crippen LogP contribution in [0.15, 0.2) is 22.2 Å². The maximum absolute atomic E-state index is 11.0. The number of carboxylic acids is 1. The number of thiophene rings is 1. The normalized spacial score (nSPS) is 12.0. The van der Waals surface area contributed by atoms with Gasteiger partial charge in [-0.05, 0) is 11.4 Å². The van der Waals surface area contributed by atoms with Gasteiger partial charge >= 0.3 is 5.97 Å². The van der Waals surface area contributed by atoms with Crippen molar-refractivity contribution in [1.29, 1.82) is 0 Å². The molecular weight excluding hydrogens is 328 g/mol. The van der Waals surface area contributed by atoms with Crippen LogP contribution in [0.5, 0.6) is 0 Å². The van der Waals surface area contributed by atoms with Gasteiger partial charge < -0.3 is 10.4 Å². The Bertz CT molecular complexity index is 610. The number of aromatic nitrogens is 1. The van der Waals surface area contributed by atoms with Crippen molar-refractivity contribution in [3.05, 3.63) is 27.9 Å². The minimum atomic E-state index is -1.02. The third-order valence-electron chi connectivity index (χ3n) is 2.53. The van der Waals surface area contributed by atoms with Crippen molar-refractivity contribution in [1.82, 2.24) is 10.3 Å². The topological polar surface area (TPSA) is 79.3 Å². The first-order valence-corrected chi connectivity index (χ1v) is 9.08. The minimum Gasteiger partial charge on any atom is -0.480 e. The van der Waals surface area contributed by atoms with Gasteiger partial charge in [-0.25, -0.2) is 9.78 Å². The number of hydrogen-bond acceptors (Lipinski definition) is 6. The number of carbonyl (C=O) groups is 2. The van der Waals surface area contributed by atoms with Crippen molar-refractivity contribution < 1.29 is 14.7 Å². The molecule has 0 radical (unpaired) electrons. The fraction of sp³-hybridized carbons (Fsp3) is 0.308. The average Bonchev–Trinajstić information content (AvgIpc) is 3.07. The molecule has 1 amide bonds. The molecule has 112 valence electrons. The molecule has 2 aromatic rings. The quantitative estimate of drug-likeness (QED) is 0.809. The van der Waals surface area contributed by atoms with Crippen molar-refractivity contribution >= 4 is 46.3 Å². The van der Waals surface area contributed by atoms with E-state index < -0.39 is 12.0 Å². The predicted molar refractivity (Wildman–Crippen MR) is 86.8 cm³/mol. The van der Waals surface area contributed by atoms with Gasteiger partial charge in [0.25, 0.3) is 0 Å². The van der Waals surface area contributed by atoms with Crippen LogP contribution in [0.3, 0.4) is 0 Å². The summed E-state index contributed by atoms with van der Waals surface area (Å²) < 4.78 is 0. The molecule has 2 heterocycles. The molecular formula is C13H14N2O3S3. The molecule has 5 nitrogen and oxygen atoms in total. The van der Waals surface area contributed by atoms with Crippen molar-refractivity contribution in [3.63, 3.8) is 0 Å². The maximum Gasteiger partial charge on any atom is 0.327 e. The van der Waals surface area contributed by atoms with Gasteiger partial charge in [0.1, 0.15) is 11.0 Å². The third-order valence-corrected chi connectivity index (χ3v) is 5.22. The fourth-order valence-electron chi connectivity index (χ4n) is 1.59. The Morgan fingerprint density at radius 1 is 1.48 bits per heavy atom. The molecule has 1 unspecified atom stereocenters. The number of thioether (sulfide) groups is 1. The molecule has 2 aromatic heterocycles. The minimum absolute atomic E-state index is 0.320. The van der Waals surface area contributed by atoms with Crippen LogP contribution in [-0.4, -0.2) is 33.8 Å². The van der Waals surface area contributed by atoms with Gasteiger partial charge in [-0.2, -0.15) is 23.1 Å². The largest absolute Gasteiger partial charge is 0.480 e. The Labute approximate surface area is 134 Å². The molecule has 0 bridgehead atoms. The average molecular weight is 342 g/mol. The van der Waals surface area contributed by atoms with E-state index in [9.17, 15) is 9.59 Å². The summed E-state index contributed by atoms with van der Waals surface area (Å²) in [6, 6.07) is 1.17. The SMILES string of the molecule is CC(=O)NC(CSCc1csc(-c2ccsc2)n1)C(=O)O. The molecule has 0 spiro atoms. The Balaban J connectivity index is 1.85. The number of hydrogen-bond donors (Lipinski definition) is 2. The summed E-state index contributed by atoms with van der Waals surface area (Å²) in [5, 5.41) is 18.4. The highest BCUT2D eigenvalue weighted by Gasteiger charge is 2.18. The number of rotatable bonds is 7. The molecule has 21 heavy (non-hydrogen) atoms. The lowest BCUT2D eigenvalue weighted by Crippen LogP contribution is -2.41. The third kappa shape index (κ3) is 4.83. The molecule has 2 rings (SSSR count). The van der Waals surface area contributed by atoms with Crippen LogP contribution in [0.4, 0.5) is 0 Å². The summed E-state index contributed by atoms with van der Waals surface area (Å²) in [5.74, 6) is -0.407. The van der Waals surface area contributed by atoms with E-state index in [0.717, 1.165) is 16.3 Å². The number of nitrogens with one attached hydrogen (secondary N) is 1. The van der Waals surface area contributed by atoms with Gasteiger partial charge in [-0.1, -0.05) is 0 Å². The molecule has 0 saturated heterocycles. The highest BCUT2D eigenvalue weighted by Crippen LogP contribution is 2.27. The van der Waals surface area contributed by atoms with Crippen LogP contribution in [0.25, 0.3) is 10.6 Å². The van der Waals surface area contributed by atoms with Crippen LogP contribution in [0, 0.1) is 0 Å². The van der Waals surface area contributed by atoms with Crippen LogP contribution < -0.4 is 5.32 Å². The van der Waals surface area contributed by atoms with Crippen molar-refractivity contribution in [3.8, 4) is 10.6 Å². The van der Waals surface area contributed by atoms with E-state index in [0.29, 0.717) is 11.5 Å². The summed E-state index contributed by atoms with van der Waals surface area (Å²) in [5.41, 5.74) is 2.04. The summed E-state index contributed by atoms with van der Waals surface area (Å²) in [4.78, 5) is 26.5. The number of carbonyl (C=O) groups excluding carboxylic acids is 1. The van der Waals surface area contributed by atoms with E-state index in [1.165, 1.54) is 18.7 Å². The number of nitrogens with zero attached hydrogens (tertiary/aromatic N) is 1. The van der Waals surface area contributed by atoms with Gasteiger partial charge in [-0.3, -0.25) is 4.79 Å². The smallest absolute Gasteiger partial charge is 0.327 e. The highest BCUT2D eigenvalue weighted by molar-refractivity contribution is 7.98. The van der Waals surface area contributed by atoms with Crippen LogP contribution in [0.1, 0.15) is 12.6 Å². The van der Waals surface area contributed by atoms with Crippen LogP contribution in [-0.2, 0) is 15.3 Å². The monoisotopic (exact) mass is 342 g/mol. The van der Waals surface area contributed by atoms with E-state index in [2.05, 4.69) is 10.3 Å². The van der Waals surface area contributed by atoms with Crippen LogP contribution >= 0.6 is 34.4 Å². The molecule has 0 saturated carbocycles. The van der Waals surface area contributed by atoms with Crippen molar-refractivity contribution in [2.45, 2.75) is 18.7 Å². The lowest BCUT2D eigenvalue weighted by molar-refractivity contribution is -0.140. The Hall–Kier alpha value is -1.38. The first kappa shape index (κ1) is 16.0. The Kier molecular flexibility index (Phi) is 5.77. The molecule has 0 fully saturated rings. The van der Waals surface area contributed by atoms with Gasteiger partial charge in [-0.15, -0.1) is 11.3 Å². The summed E-state index contributed by atoms with van der Waals surface area (Å²) in [6.45, 7) is 1.31. The van der Waals surface area contributed by atoms with E-state index in [4.69, 9.17) is 5.11 Å². The molecule has 8 heteroatoms. The van der Waals surface area contributed by atoms with E-state index in [-0.39, 0.29) is 5.91 Å².